The van der Waals surface area contributed by atoms with Gasteiger partial charge in [0.15, 0.2) is 0 Å². The number of methoxy groups -OCH3 is 1. The maximum Gasteiger partial charge on any atom is 0.205 e. The van der Waals surface area contributed by atoms with Crippen molar-refractivity contribution in [2.45, 2.75) is 27.2 Å². The van der Waals surface area contributed by atoms with Gasteiger partial charge in [0.1, 0.15) is 5.01 Å². The van der Waals surface area contributed by atoms with Gasteiger partial charge in [-0.1, -0.05) is 25.2 Å². The molecular formula is C10H19N3OS. The number of ether oxygens (including phenoxy) is 1. The number of aromatic nitrogens is 2. The molecule has 0 aliphatic carbocycles. The van der Waals surface area contributed by atoms with Crippen molar-refractivity contribution in [1.82, 2.24) is 10.2 Å². The quantitative estimate of drug-likeness (QED) is 0.813. The highest BCUT2D eigenvalue weighted by Gasteiger charge is 2.17. The Morgan fingerprint density at radius 1 is 1.40 bits per heavy atom. The van der Waals surface area contributed by atoms with Crippen LogP contribution in [-0.2, 0) is 4.74 Å². The van der Waals surface area contributed by atoms with Crippen molar-refractivity contribution in [2.75, 3.05) is 25.6 Å². The van der Waals surface area contributed by atoms with E-state index < -0.39 is 0 Å². The molecule has 86 valence electrons. The molecule has 0 aromatic carbocycles. The predicted molar refractivity (Wildman–Crippen MR) is 63.4 cm³/mol. The fourth-order valence-electron chi connectivity index (χ4n) is 1.15. The van der Waals surface area contributed by atoms with E-state index in [2.05, 4.69) is 29.4 Å². The monoisotopic (exact) mass is 229 g/mol. The van der Waals surface area contributed by atoms with Crippen molar-refractivity contribution in [2.24, 2.45) is 5.41 Å². The number of hydrogen-bond donors (Lipinski definition) is 1. The second-order valence-corrected chi connectivity index (χ2v) is 5.57. The molecule has 0 saturated heterocycles. The van der Waals surface area contributed by atoms with Crippen LogP contribution in [0.1, 0.15) is 25.3 Å². The fraction of sp³-hybridized carbons (Fsp3) is 0.800. The summed E-state index contributed by atoms with van der Waals surface area (Å²) in [5.41, 5.74) is 0.218. The third-order valence-corrected chi connectivity index (χ3v) is 3.02. The lowest BCUT2D eigenvalue weighted by Crippen LogP contribution is -2.24. The maximum absolute atomic E-state index is 5.08. The molecule has 4 nitrogen and oxygen atoms in total. The van der Waals surface area contributed by atoms with Gasteiger partial charge in [0.05, 0.1) is 0 Å². The van der Waals surface area contributed by atoms with Gasteiger partial charge in [-0.05, 0) is 18.8 Å². The second kappa shape index (κ2) is 5.42. The molecule has 0 aliphatic rings. The molecule has 1 aromatic heterocycles. The molecule has 0 unspecified atom stereocenters. The molecule has 0 atom stereocenters. The van der Waals surface area contributed by atoms with Crippen LogP contribution in [0.4, 0.5) is 5.13 Å². The van der Waals surface area contributed by atoms with Crippen molar-refractivity contribution in [1.29, 1.82) is 0 Å². The topological polar surface area (TPSA) is 47.0 Å². The zero-order valence-electron chi connectivity index (χ0n) is 9.83. The largest absolute Gasteiger partial charge is 0.385 e. The van der Waals surface area contributed by atoms with Gasteiger partial charge in [-0.15, -0.1) is 10.2 Å². The molecule has 0 radical (unpaired) electrons. The Morgan fingerprint density at radius 2 is 2.13 bits per heavy atom. The van der Waals surface area contributed by atoms with Crippen molar-refractivity contribution in [3.63, 3.8) is 0 Å². The summed E-state index contributed by atoms with van der Waals surface area (Å²) in [6.45, 7) is 8.08. The van der Waals surface area contributed by atoms with Gasteiger partial charge in [0.2, 0.25) is 5.13 Å². The van der Waals surface area contributed by atoms with E-state index in [0.29, 0.717) is 0 Å². The highest BCUT2D eigenvalue weighted by Crippen LogP contribution is 2.22. The summed E-state index contributed by atoms with van der Waals surface area (Å²) in [4.78, 5) is 0. The summed E-state index contributed by atoms with van der Waals surface area (Å²) < 4.78 is 5.08. The number of hydrogen-bond acceptors (Lipinski definition) is 5. The van der Waals surface area contributed by atoms with Crippen molar-refractivity contribution >= 4 is 16.5 Å². The van der Waals surface area contributed by atoms with E-state index in [9.17, 15) is 0 Å². The van der Waals surface area contributed by atoms with Gasteiger partial charge in [0, 0.05) is 20.3 Å². The molecule has 1 rings (SSSR count). The Morgan fingerprint density at radius 3 is 2.67 bits per heavy atom. The molecule has 1 heterocycles. The Balaban J connectivity index is 2.35. The lowest BCUT2D eigenvalue weighted by molar-refractivity contribution is 0.157. The highest BCUT2D eigenvalue weighted by atomic mass is 32.1. The number of anilines is 1. The molecule has 1 N–H and O–H groups in total. The SMILES string of the molecule is COCCC(C)(C)CNc1nnc(C)s1. The van der Waals surface area contributed by atoms with Gasteiger partial charge in [-0.2, -0.15) is 0 Å². The third kappa shape index (κ3) is 4.57. The van der Waals surface area contributed by atoms with E-state index in [0.717, 1.165) is 29.7 Å². The van der Waals surface area contributed by atoms with Crippen LogP contribution in [-0.4, -0.2) is 30.5 Å². The highest BCUT2D eigenvalue weighted by molar-refractivity contribution is 7.15. The van der Waals surface area contributed by atoms with Crippen LogP contribution in [0.2, 0.25) is 0 Å². The van der Waals surface area contributed by atoms with Crippen molar-refractivity contribution in [3.05, 3.63) is 5.01 Å². The van der Waals surface area contributed by atoms with Crippen LogP contribution in [0.25, 0.3) is 0 Å². The minimum Gasteiger partial charge on any atom is -0.385 e. The molecule has 0 amide bonds. The number of aryl methyl sites for hydroxylation is 1. The smallest absolute Gasteiger partial charge is 0.205 e. The van der Waals surface area contributed by atoms with E-state index in [-0.39, 0.29) is 5.41 Å². The minimum absolute atomic E-state index is 0.218. The Labute approximate surface area is 95.1 Å². The molecule has 0 spiro atoms. The van der Waals surface area contributed by atoms with Crippen molar-refractivity contribution < 1.29 is 4.74 Å². The summed E-state index contributed by atoms with van der Waals surface area (Å²) in [6.07, 6.45) is 1.04. The van der Waals surface area contributed by atoms with E-state index in [1.807, 2.05) is 6.92 Å². The summed E-state index contributed by atoms with van der Waals surface area (Å²) >= 11 is 1.59. The third-order valence-electron chi connectivity index (χ3n) is 2.23. The zero-order valence-corrected chi connectivity index (χ0v) is 10.6. The summed E-state index contributed by atoms with van der Waals surface area (Å²) in [5, 5.41) is 13.2. The zero-order chi connectivity index (χ0) is 11.3. The van der Waals surface area contributed by atoms with Crippen LogP contribution in [0.15, 0.2) is 0 Å². The van der Waals surface area contributed by atoms with Gasteiger partial charge in [-0.3, -0.25) is 0 Å². The summed E-state index contributed by atoms with van der Waals surface area (Å²) in [7, 11) is 1.73. The van der Waals surface area contributed by atoms with Crippen LogP contribution in [0.3, 0.4) is 0 Å². The Hall–Kier alpha value is -0.680. The first-order valence-corrected chi connectivity index (χ1v) is 5.88. The molecule has 5 heteroatoms. The maximum atomic E-state index is 5.08. The molecule has 15 heavy (non-hydrogen) atoms. The lowest BCUT2D eigenvalue weighted by atomic mass is 9.90. The molecule has 0 saturated carbocycles. The molecule has 1 aromatic rings. The second-order valence-electron chi connectivity index (χ2n) is 4.39. The van der Waals surface area contributed by atoms with E-state index in [4.69, 9.17) is 4.74 Å². The Kier molecular flexibility index (Phi) is 4.47. The fourth-order valence-corrected chi connectivity index (χ4v) is 1.74. The normalized spacial score (nSPS) is 11.7. The molecule has 0 fully saturated rings. The van der Waals surface area contributed by atoms with Gasteiger partial charge < -0.3 is 10.1 Å². The number of nitrogens with zero attached hydrogens (tertiary/aromatic N) is 2. The van der Waals surface area contributed by atoms with E-state index in [1.54, 1.807) is 18.4 Å². The van der Waals surface area contributed by atoms with Gasteiger partial charge in [-0.25, -0.2) is 0 Å². The van der Waals surface area contributed by atoms with Crippen LogP contribution in [0.5, 0.6) is 0 Å². The van der Waals surface area contributed by atoms with E-state index in [1.165, 1.54) is 0 Å². The Bertz CT molecular complexity index is 299. The van der Waals surface area contributed by atoms with Crippen LogP contribution < -0.4 is 5.32 Å². The molecular weight excluding hydrogens is 210 g/mol. The minimum atomic E-state index is 0.218. The van der Waals surface area contributed by atoms with Crippen LogP contribution in [0, 0.1) is 12.3 Å². The molecule has 0 aliphatic heterocycles. The molecule has 0 bridgehead atoms. The lowest BCUT2D eigenvalue weighted by Gasteiger charge is -2.24. The van der Waals surface area contributed by atoms with E-state index >= 15 is 0 Å². The number of nitrogens with one attached hydrogen (secondary N) is 1. The average molecular weight is 229 g/mol. The standard InChI is InChI=1S/C10H19N3OS/c1-8-12-13-9(15-8)11-7-10(2,3)5-6-14-4/h5-7H2,1-4H3,(H,11,13). The predicted octanol–water partition coefficient (Wildman–Crippen LogP) is 2.32. The van der Waals surface area contributed by atoms with Crippen molar-refractivity contribution in [3.8, 4) is 0 Å². The summed E-state index contributed by atoms with van der Waals surface area (Å²) in [6, 6.07) is 0. The number of rotatable bonds is 6. The first-order chi connectivity index (χ1) is 7.03. The first kappa shape index (κ1) is 12.4. The summed E-state index contributed by atoms with van der Waals surface area (Å²) in [5.74, 6) is 0. The van der Waals surface area contributed by atoms with Gasteiger partial charge >= 0.3 is 0 Å². The van der Waals surface area contributed by atoms with Crippen LogP contribution >= 0.6 is 11.3 Å². The van der Waals surface area contributed by atoms with Gasteiger partial charge in [0.25, 0.3) is 0 Å². The first-order valence-electron chi connectivity index (χ1n) is 5.06. The average Bonchev–Trinajstić information content (AvgIpc) is 2.59.